The average Bonchev–Trinajstić information content (AvgIpc) is 2.80. The molecule has 0 aliphatic carbocycles. The fraction of sp³-hybridized carbons (Fsp3) is 0.455. The second-order valence-corrected chi connectivity index (χ2v) is 4.34. The van der Waals surface area contributed by atoms with Gasteiger partial charge in [-0.2, -0.15) is 0 Å². The zero-order valence-corrected chi connectivity index (χ0v) is 10.0. The number of pyridine rings is 1. The normalized spacial score (nSPS) is 19.2. The highest BCUT2D eigenvalue weighted by atomic mass is 35.5. The molecule has 1 aliphatic heterocycles. The lowest BCUT2D eigenvalue weighted by molar-refractivity contribution is 0.0999. The van der Waals surface area contributed by atoms with Gasteiger partial charge in [0, 0.05) is 6.04 Å². The number of primary amides is 1. The summed E-state index contributed by atoms with van der Waals surface area (Å²) in [5, 5.41) is 3.41. The monoisotopic (exact) mass is 255 g/mol. The van der Waals surface area contributed by atoms with E-state index in [4.69, 9.17) is 22.1 Å². The molecule has 5 nitrogen and oxygen atoms in total. The Balaban J connectivity index is 2.00. The summed E-state index contributed by atoms with van der Waals surface area (Å²) in [5.41, 5.74) is 5.35. The Morgan fingerprint density at radius 2 is 2.53 bits per heavy atom. The van der Waals surface area contributed by atoms with Crippen molar-refractivity contribution in [2.75, 3.05) is 13.2 Å². The van der Waals surface area contributed by atoms with E-state index in [0.717, 1.165) is 13.0 Å². The van der Waals surface area contributed by atoms with Gasteiger partial charge in [-0.1, -0.05) is 11.6 Å². The molecule has 92 valence electrons. The lowest BCUT2D eigenvalue weighted by atomic mass is 10.2. The molecule has 0 aromatic carbocycles. The Kier molecular flexibility index (Phi) is 3.81. The Bertz CT molecular complexity index is 419. The lowest BCUT2D eigenvalue weighted by Crippen LogP contribution is -2.28. The van der Waals surface area contributed by atoms with Crippen LogP contribution in [0.25, 0.3) is 0 Å². The molecule has 0 bridgehead atoms. The van der Waals surface area contributed by atoms with Crippen LogP contribution in [0.1, 0.15) is 23.2 Å². The maximum atomic E-state index is 11.1. The molecule has 17 heavy (non-hydrogen) atoms. The van der Waals surface area contributed by atoms with Crippen molar-refractivity contribution in [3.05, 3.63) is 23.0 Å². The van der Waals surface area contributed by atoms with E-state index < -0.39 is 5.91 Å². The van der Waals surface area contributed by atoms with Crippen molar-refractivity contribution >= 4 is 17.5 Å². The molecular formula is C11H14ClN3O2. The molecule has 0 spiro atoms. The quantitative estimate of drug-likeness (QED) is 0.786. The van der Waals surface area contributed by atoms with E-state index in [9.17, 15) is 4.79 Å². The van der Waals surface area contributed by atoms with Crippen LogP contribution >= 0.6 is 11.6 Å². The number of rotatable bonds is 4. The zero-order valence-electron chi connectivity index (χ0n) is 9.28. The number of nitrogens with zero attached hydrogens (tertiary/aromatic N) is 1. The maximum absolute atomic E-state index is 11.1. The number of aromatic nitrogens is 1. The predicted molar refractivity (Wildman–Crippen MR) is 64.3 cm³/mol. The Morgan fingerprint density at radius 1 is 1.71 bits per heavy atom. The predicted octanol–water partition coefficient (Wildman–Crippen LogP) is 0.965. The molecule has 1 fully saturated rings. The molecule has 1 saturated heterocycles. The lowest BCUT2D eigenvalue weighted by Gasteiger charge is -2.12. The summed E-state index contributed by atoms with van der Waals surface area (Å²) in [6.45, 7) is 1.58. The number of carbonyl (C=O) groups excluding carboxylic acids is 1. The van der Waals surface area contributed by atoms with Crippen molar-refractivity contribution in [3.63, 3.8) is 0 Å². The molecule has 2 rings (SSSR count). The fourth-order valence-electron chi connectivity index (χ4n) is 1.78. The first-order chi connectivity index (χ1) is 8.16. The van der Waals surface area contributed by atoms with Gasteiger partial charge in [0.05, 0.1) is 11.8 Å². The number of nitrogens with one attached hydrogen (secondary N) is 1. The molecule has 2 heterocycles. The third kappa shape index (κ3) is 3.08. The molecule has 1 aliphatic rings. The van der Waals surface area contributed by atoms with Crippen molar-refractivity contribution in [1.29, 1.82) is 0 Å². The van der Waals surface area contributed by atoms with Gasteiger partial charge in [-0.05, 0) is 25.5 Å². The first-order valence-corrected chi connectivity index (χ1v) is 5.86. The zero-order chi connectivity index (χ0) is 12.3. The summed E-state index contributed by atoms with van der Waals surface area (Å²) in [6.07, 6.45) is 3.76. The van der Waals surface area contributed by atoms with Gasteiger partial charge < -0.3 is 15.8 Å². The second kappa shape index (κ2) is 5.33. The Hall–Kier alpha value is -1.33. The highest BCUT2D eigenvalue weighted by Crippen LogP contribution is 2.19. The molecule has 1 aromatic heterocycles. The summed E-state index contributed by atoms with van der Waals surface area (Å²) >= 11 is 5.74. The first kappa shape index (κ1) is 12.1. The highest BCUT2D eigenvalue weighted by molar-refractivity contribution is 6.32. The molecule has 3 N–H and O–H groups in total. The second-order valence-electron chi connectivity index (χ2n) is 3.98. The molecule has 1 amide bonds. The van der Waals surface area contributed by atoms with Crippen LogP contribution < -0.4 is 15.8 Å². The minimum absolute atomic E-state index is 0.101. The summed E-state index contributed by atoms with van der Waals surface area (Å²) in [7, 11) is 0. The van der Waals surface area contributed by atoms with E-state index in [2.05, 4.69) is 10.3 Å². The molecule has 0 saturated carbocycles. The van der Waals surface area contributed by atoms with E-state index in [1.807, 2.05) is 0 Å². The van der Waals surface area contributed by atoms with Crippen LogP contribution in [0, 0.1) is 0 Å². The van der Waals surface area contributed by atoms with Crippen LogP contribution in [0.15, 0.2) is 12.3 Å². The largest absolute Gasteiger partial charge is 0.490 e. The number of carbonyl (C=O) groups is 1. The summed E-state index contributed by atoms with van der Waals surface area (Å²) in [5.74, 6) is -0.0937. The van der Waals surface area contributed by atoms with Gasteiger partial charge >= 0.3 is 0 Å². The van der Waals surface area contributed by atoms with Crippen LogP contribution in [0.3, 0.4) is 0 Å². The number of amides is 1. The third-order valence-corrected chi connectivity index (χ3v) is 2.99. The van der Waals surface area contributed by atoms with Crippen LogP contribution in [0.4, 0.5) is 0 Å². The van der Waals surface area contributed by atoms with Crippen molar-refractivity contribution in [2.24, 2.45) is 5.73 Å². The van der Waals surface area contributed by atoms with Crippen LogP contribution in [0.2, 0.25) is 5.15 Å². The van der Waals surface area contributed by atoms with Gasteiger partial charge in [-0.15, -0.1) is 0 Å². The van der Waals surface area contributed by atoms with Gasteiger partial charge in [0.2, 0.25) is 0 Å². The average molecular weight is 256 g/mol. The maximum Gasteiger partial charge on any atom is 0.251 e. The third-order valence-electron chi connectivity index (χ3n) is 2.69. The van der Waals surface area contributed by atoms with E-state index in [1.165, 1.54) is 18.7 Å². The topological polar surface area (TPSA) is 77.2 Å². The molecule has 0 unspecified atom stereocenters. The molecule has 0 radical (unpaired) electrons. The minimum atomic E-state index is -0.605. The summed E-state index contributed by atoms with van der Waals surface area (Å²) in [6, 6.07) is 1.88. The molecule has 1 aromatic rings. The van der Waals surface area contributed by atoms with Crippen molar-refractivity contribution < 1.29 is 9.53 Å². The Morgan fingerprint density at radius 3 is 3.18 bits per heavy atom. The van der Waals surface area contributed by atoms with E-state index in [-0.39, 0.29) is 10.7 Å². The fourth-order valence-corrected chi connectivity index (χ4v) is 1.97. The van der Waals surface area contributed by atoms with Gasteiger partial charge in [0.1, 0.15) is 17.5 Å². The highest BCUT2D eigenvalue weighted by Gasteiger charge is 2.15. The number of halogens is 1. The number of hydrogen-bond acceptors (Lipinski definition) is 4. The number of ether oxygens (including phenoxy) is 1. The first-order valence-electron chi connectivity index (χ1n) is 5.48. The van der Waals surface area contributed by atoms with E-state index in [0.29, 0.717) is 18.4 Å². The molecule has 1 atom stereocenters. The number of hydrogen-bond donors (Lipinski definition) is 2. The molecule has 6 heteroatoms. The summed E-state index contributed by atoms with van der Waals surface area (Å²) in [4.78, 5) is 14.9. The Labute approximate surface area is 104 Å². The summed E-state index contributed by atoms with van der Waals surface area (Å²) < 4.78 is 5.54. The number of nitrogens with two attached hydrogens (primary N) is 1. The van der Waals surface area contributed by atoms with Gasteiger partial charge in [-0.3, -0.25) is 4.79 Å². The van der Waals surface area contributed by atoms with E-state index in [1.54, 1.807) is 0 Å². The van der Waals surface area contributed by atoms with Crippen LogP contribution in [0.5, 0.6) is 5.75 Å². The molecular weight excluding hydrogens is 242 g/mol. The van der Waals surface area contributed by atoms with E-state index >= 15 is 0 Å². The standard InChI is InChI=1S/C11H14ClN3O2/c12-10-9(11(13)16)4-8(5-15-10)17-6-7-2-1-3-14-7/h4-5,7,14H,1-3,6H2,(H2,13,16)/t7-/m0/s1. The van der Waals surface area contributed by atoms with Crippen LogP contribution in [-0.4, -0.2) is 30.1 Å². The van der Waals surface area contributed by atoms with Crippen molar-refractivity contribution in [3.8, 4) is 5.75 Å². The van der Waals surface area contributed by atoms with Gasteiger partial charge in [-0.25, -0.2) is 4.98 Å². The van der Waals surface area contributed by atoms with Gasteiger partial charge in [0.25, 0.3) is 5.91 Å². The van der Waals surface area contributed by atoms with Crippen LogP contribution in [-0.2, 0) is 0 Å². The van der Waals surface area contributed by atoms with Gasteiger partial charge in [0.15, 0.2) is 0 Å². The van der Waals surface area contributed by atoms with Crippen molar-refractivity contribution in [2.45, 2.75) is 18.9 Å². The smallest absolute Gasteiger partial charge is 0.251 e. The minimum Gasteiger partial charge on any atom is -0.490 e. The van der Waals surface area contributed by atoms with Crippen molar-refractivity contribution in [1.82, 2.24) is 10.3 Å². The SMILES string of the molecule is NC(=O)c1cc(OC[C@@H]2CCCN2)cnc1Cl.